The van der Waals surface area contributed by atoms with Crippen LogP contribution in [-0.2, 0) is 5.41 Å². The minimum atomic E-state index is -0.180. The first-order chi connectivity index (χ1) is 31.9. The molecule has 4 nitrogen and oxygen atoms in total. The Balaban J connectivity index is 0.893. The van der Waals surface area contributed by atoms with Crippen LogP contribution < -0.4 is 0 Å². The molecule has 9 aromatic carbocycles. The molecule has 0 radical (unpaired) electrons. The highest BCUT2D eigenvalue weighted by molar-refractivity contribution is 6.02. The standard InChI is InChI=1S/C61H42N4/c1-61(2)53-19-11-9-17-51(53)57-56(61)55(52-18-10-12-20-54(52)62-57)44-27-21-43(22-28-44)47-33-34-49-38-50(36-35-48(49)37-47)60-64-58(45-29-23-41(24-30-45)39-13-5-3-6-14-39)63-59(65-60)46-31-25-42(26-32-46)40-15-7-4-8-16-40/h3-38H,1-2H3. The maximum absolute atomic E-state index is 5.25. The van der Waals surface area contributed by atoms with Crippen LogP contribution in [0.5, 0.6) is 0 Å². The minimum Gasteiger partial charge on any atom is -0.247 e. The van der Waals surface area contributed by atoms with Gasteiger partial charge in [0.2, 0.25) is 0 Å². The normalized spacial score (nSPS) is 12.6. The fraction of sp³-hybridized carbons (Fsp3) is 0.0492. The van der Waals surface area contributed by atoms with Gasteiger partial charge in [0.25, 0.3) is 0 Å². The molecule has 0 aliphatic heterocycles. The molecule has 0 N–H and O–H groups in total. The molecule has 0 atom stereocenters. The summed E-state index contributed by atoms with van der Waals surface area (Å²) in [7, 11) is 0. The summed E-state index contributed by atoms with van der Waals surface area (Å²) >= 11 is 0. The maximum atomic E-state index is 5.25. The molecule has 12 rings (SSSR count). The number of para-hydroxylation sites is 1. The topological polar surface area (TPSA) is 51.6 Å². The first-order valence-electron chi connectivity index (χ1n) is 22.2. The molecule has 11 aromatic rings. The Bertz CT molecular complexity index is 3480. The van der Waals surface area contributed by atoms with E-state index in [0.29, 0.717) is 17.5 Å². The van der Waals surface area contributed by atoms with E-state index in [9.17, 15) is 0 Å². The zero-order chi connectivity index (χ0) is 43.5. The van der Waals surface area contributed by atoms with Gasteiger partial charge in [-0.25, -0.2) is 19.9 Å². The third-order valence-electron chi connectivity index (χ3n) is 13.1. The van der Waals surface area contributed by atoms with Crippen LogP contribution >= 0.6 is 0 Å². The molecule has 2 aromatic heterocycles. The number of fused-ring (bicyclic) bond motifs is 5. The molecule has 1 aliphatic carbocycles. The number of aromatic nitrogens is 4. The van der Waals surface area contributed by atoms with Crippen molar-refractivity contribution < 1.29 is 0 Å². The third kappa shape index (κ3) is 6.79. The summed E-state index contributed by atoms with van der Waals surface area (Å²) in [5.41, 5.74) is 18.0. The number of rotatable bonds is 7. The van der Waals surface area contributed by atoms with Crippen molar-refractivity contribution in [3.8, 4) is 89.9 Å². The Morgan fingerprint density at radius 2 is 0.738 bits per heavy atom. The Morgan fingerprint density at radius 1 is 0.323 bits per heavy atom. The molecule has 0 fully saturated rings. The van der Waals surface area contributed by atoms with Gasteiger partial charge >= 0.3 is 0 Å². The fourth-order valence-corrected chi connectivity index (χ4v) is 9.73. The van der Waals surface area contributed by atoms with E-state index in [4.69, 9.17) is 19.9 Å². The van der Waals surface area contributed by atoms with Gasteiger partial charge in [0.1, 0.15) is 0 Å². The number of hydrogen-bond donors (Lipinski definition) is 0. The van der Waals surface area contributed by atoms with Gasteiger partial charge in [-0.05, 0) is 84.6 Å². The average molecular weight is 831 g/mol. The van der Waals surface area contributed by atoms with Crippen LogP contribution in [0.25, 0.3) is 112 Å². The molecule has 0 bridgehead atoms. The first kappa shape index (κ1) is 38.3. The largest absolute Gasteiger partial charge is 0.247 e. The van der Waals surface area contributed by atoms with Crippen LogP contribution in [0.2, 0.25) is 0 Å². The molecule has 306 valence electrons. The van der Waals surface area contributed by atoms with Crippen LogP contribution in [0.15, 0.2) is 218 Å². The predicted molar refractivity (Wildman–Crippen MR) is 268 cm³/mol. The van der Waals surface area contributed by atoms with E-state index >= 15 is 0 Å². The highest BCUT2D eigenvalue weighted by Gasteiger charge is 2.39. The molecular weight excluding hydrogens is 789 g/mol. The highest BCUT2D eigenvalue weighted by Crippen LogP contribution is 2.53. The monoisotopic (exact) mass is 830 g/mol. The quantitative estimate of drug-likeness (QED) is 0.161. The SMILES string of the molecule is CC1(C)c2ccccc2-c2nc3ccccc3c(-c3ccc(-c4ccc5cc(-c6nc(-c7ccc(-c8ccccc8)cc7)nc(-c7ccc(-c8ccccc8)cc7)n6)ccc5c4)cc3)c21. The molecule has 65 heavy (non-hydrogen) atoms. The number of hydrogen-bond acceptors (Lipinski definition) is 4. The van der Waals surface area contributed by atoms with Crippen molar-refractivity contribution in [1.82, 2.24) is 19.9 Å². The lowest BCUT2D eigenvalue weighted by Gasteiger charge is -2.25. The van der Waals surface area contributed by atoms with Crippen LogP contribution in [0.4, 0.5) is 0 Å². The van der Waals surface area contributed by atoms with E-state index in [1.54, 1.807) is 0 Å². The summed E-state index contributed by atoms with van der Waals surface area (Å²) in [6.45, 7) is 4.67. The van der Waals surface area contributed by atoms with Crippen molar-refractivity contribution in [3.05, 3.63) is 230 Å². The van der Waals surface area contributed by atoms with Gasteiger partial charge in [-0.3, -0.25) is 0 Å². The molecule has 0 saturated carbocycles. The number of nitrogens with zero attached hydrogens (tertiary/aromatic N) is 4. The highest BCUT2D eigenvalue weighted by atomic mass is 15.0. The second kappa shape index (κ2) is 15.5. The average Bonchev–Trinajstić information content (AvgIpc) is 3.60. The van der Waals surface area contributed by atoms with Crippen LogP contribution in [0.3, 0.4) is 0 Å². The summed E-state index contributed by atoms with van der Waals surface area (Å²) in [6, 6.07) is 77.4. The number of benzene rings is 9. The van der Waals surface area contributed by atoms with Gasteiger partial charge in [0.15, 0.2) is 17.5 Å². The van der Waals surface area contributed by atoms with Crippen molar-refractivity contribution in [2.24, 2.45) is 0 Å². The maximum Gasteiger partial charge on any atom is 0.164 e. The summed E-state index contributed by atoms with van der Waals surface area (Å²) < 4.78 is 0. The van der Waals surface area contributed by atoms with Crippen molar-refractivity contribution >= 4 is 21.7 Å². The molecule has 0 amide bonds. The third-order valence-corrected chi connectivity index (χ3v) is 13.1. The van der Waals surface area contributed by atoms with Crippen molar-refractivity contribution in [2.45, 2.75) is 19.3 Å². The van der Waals surface area contributed by atoms with Crippen molar-refractivity contribution in [2.75, 3.05) is 0 Å². The molecule has 0 saturated heterocycles. The molecule has 2 heterocycles. The minimum absolute atomic E-state index is 0.180. The molecule has 0 spiro atoms. The Kier molecular flexibility index (Phi) is 9.13. The van der Waals surface area contributed by atoms with E-state index in [-0.39, 0.29) is 5.41 Å². The van der Waals surface area contributed by atoms with E-state index in [1.807, 2.05) is 12.1 Å². The van der Waals surface area contributed by atoms with Gasteiger partial charge in [-0.2, -0.15) is 0 Å². The predicted octanol–water partition coefficient (Wildman–Crippen LogP) is 15.5. The van der Waals surface area contributed by atoms with Crippen molar-refractivity contribution in [1.29, 1.82) is 0 Å². The summed E-state index contributed by atoms with van der Waals surface area (Å²) in [5, 5.41) is 3.45. The van der Waals surface area contributed by atoms with E-state index < -0.39 is 0 Å². The van der Waals surface area contributed by atoms with E-state index in [2.05, 4.69) is 220 Å². The Hall–Kier alpha value is -8.34. The van der Waals surface area contributed by atoms with Crippen LogP contribution in [-0.4, -0.2) is 19.9 Å². The lowest BCUT2D eigenvalue weighted by atomic mass is 9.78. The second-order valence-corrected chi connectivity index (χ2v) is 17.4. The zero-order valence-electron chi connectivity index (χ0n) is 36.1. The van der Waals surface area contributed by atoms with Gasteiger partial charge in [-0.1, -0.05) is 214 Å². The fourth-order valence-electron chi connectivity index (χ4n) is 9.73. The first-order valence-corrected chi connectivity index (χ1v) is 22.2. The zero-order valence-corrected chi connectivity index (χ0v) is 36.1. The van der Waals surface area contributed by atoms with E-state index in [1.165, 1.54) is 49.9 Å². The van der Waals surface area contributed by atoms with Gasteiger partial charge < -0.3 is 0 Å². The molecule has 1 aliphatic rings. The lowest BCUT2D eigenvalue weighted by Crippen LogP contribution is -2.16. The van der Waals surface area contributed by atoms with Crippen LogP contribution in [0, 0.1) is 0 Å². The summed E-state index contributed by atoms with van der Waals surface area (Å²) in [6.07, 6.45) is 0. The summed E-state index contributed by atoms with van der Waals surface area (Å²) in [4.78, 5) is 20.5. The lowest BCUT2D eigenvalue weighted by molar-refractivity contribution is 0.662. The Morgan fingerprint density at radius 3 is 1.34 bits per heavy atom. The van der Waals surface area contributed by atoms with Gasteiger partial charge in [0, 0.05) is 33.1 Å². The number of pyridine rings is 1. The van der Waals surface area contributed by atoms with Gasteiger partial charge in [0.05, 0.1) is 11.2 Å². The molecular formula is C61H42N4. The molecule has 4 heteroatoms. The summed E-state index contributed by atoms with van der Waals surface area (Å²) in [5.74, 6) is 1.90. The van der Waals surface area contributed by atoms with Gasteiger partial charge in [-0.15, -0.1) is 0 Å². The molecule has 0 unspecified atom stereocenters. The second-order valence-electron chi connectivity index (χ2n) is 17.4. The Labute approximate surface area is 378 Å². The van der Waals surface area contributed by atoms with Crippen LogP contribution in [0.1, 0.15) is 25.0 Å². The van der Waals surface area contributed by atoms with E-state index in [0.717, 1.165) is 55.4 Å². The van der Waals surface area contributed by atoms with Crippen molar-refractivity contribution in [3.63, 3.8) is 0 Å². The smallest absolute Gasteiger partial charge is 0.164 e.